The van der Waals surface area contributed by atoms with Gasteiger partial charge in [-0.05, 0) is 5.92 Å². The van der Waals surface area contributed by atoms with Crippen molar-refractivity contribution >= 4 is 11.8 Å². The van der Waals surface area contributed by atoms with Gasteiger partial charge in [0.05, 0.1) is 12.6 Å². The largest absolute Gasteiger partial charge is 0.477 e. The zero-order chi connectivity index (χ0) is 15.4. The van der Waals surface area contributed by atoms with Gasteiger partial charge >= 0.3 is 5.97 Å². The molecule has 6 heteroatoms. The number of hydrogen-bond donors (Lipinski definition) is 3. The predicted octanol–water partition coefficient (Wildman–Crippen LogP) is 2.47. The molecule has 2 aromatic rings. The normalized spacial score (nSPS) is 12.4. The first-order valence-electron chi connectivity index (χ1n) is 6.70. The van der Waals surface area contributed by atoms with Gasteiger partial charge in [0.15, 0.2) is 17.1 Å². The van der Waals surface area contributed by atoms with Crippen LogP contribution in [0.15, 0.2) is 34.9 Å². The summed E-state index contributed by atoms with van der Waals surface area (Å²) in [5, 5.41) is 25.5. The Morgan fingerprint density at radius 3 is 2.52 bits per heavy atom. The topological polar surface area (TPSA) is 95.6 Å². The monoisotopic (exact) mass is 290 g/mol. The van der Waals surface area contributed by atoms with Crippen molar-refractivity contribution in [2.75, 3.05) is 11.9 Å². The summed E-state index contributed by atoms with van der Waals surface area (Å²) in [5.74, 6) is -0.674. The summed E-state index contributed by atoms with van der Waals surface area (Å²) >= 11 is 0. The van der Waals surface area contributed by atoms with Gasteiger partial charge in [0.2, 0.25) is 0 Å². The van der Waals surface area contributed by atoms with Gasteiger partial charge in [-0.3, -0.25) is 0 Å². The molecule has 1 heterocycles. The van der Waals surface area contributed by atoms with Crippen LogP contribution in [0.2, 0.25) is 0 Å². The lowest BCUT2D eigenvalue weighted by Crippen LogP contribution is -2.30. The second kappa shape index (κ2) is 6.41. The molecule has 0 bridgehead atoms. The molecule has 1 aromatic heterocycles. The van der Waals surface area contributed by atoms with Crippen molar-refractivity contribution in [1.29, 1.82) is 0 Å². The van der Waals surface area contributed by atoms with Gasteiger partial charge in [0.1, 0.15) is 0 Å². The minimum absolute atomic E-state index is 0.0275. The van der Waals surface area contributed by atoms with E-state index >= 15 is 0 Å². The highest BCUT2D eigenvalue weighted by Crippen LogP contribution is 2.29. The van der Waals surface area contributed by atoms with Crippen LogP contribution in [0.1, 0.15) is 24.2 Å². The lowest BCUT2D eigenvalue weighted by molar-refractivity contribution is 0.0698. The van der Waals surface area contributed by atoms with Crippen LogP contribution < -0.4 is 5.32 Å². The number of carboxylic acid groups (broad SMARTS) is 1. The van der Waals surface area contributed by atoms with E-state index in [1.165, 1.54) is 0 Å². The van der Waals surface area contributed by atoms with Gasteiger partial charge in [0.25, 0.3) is 0 Å². The van der Waals surface area contributed by atoms with E-state index in [1.807, 2.05) is 19.9 Å². The molecule has 112 valence electrons. The van der Waals surface area contributed by atoms with E-state index in [4.69, 9.17) is 4.52 Å². The molecule has 0 spiro atoms. The number of carboxylic acids is 1. The maximum Gasteiger partial charge on any atom is 0.343 e. The molecule has 0 amide bonds. The minimum atomic E-state index is -1.13. The number of aliphatic hydroxyl groups excluding tert-OH is 1. The van der Waals surface area contributed by atoms with E-state index in [1.54, 1.807) is 24.3 Å². The number of nitrogens with zero attached hydrogens (tertiary/aromatic N) is 1. The number of aromatic nitrogens is 1. The summed E-state index contributed by atoms with van der Waals surface area (Å²) in [5.41, 5.74) is 0.612. The van der Waals surface area contributed by atoms with E-state index in [-0.39, 0.29) is 35.7 Å². The van der Waals surface area contributed by atoms with E-state index in [9.17, 15) is 15.0 Å². The fourth-order valence-electron chi connectivity index (χ4n) is 1.97. The maximum atomic E-state index is 11.5. The molecule has 0 aliphatic carbocycles. The van der Waals surface area contributed by atoms with Crippen molar-refractivity contribution in [3.8, 4) is 11.3 Å². The van der Waals surface area contributed by atoms with E-state index in [0.29, 0.717) is 5.56 Å². The molecule has 0 fully saturated rings. The van der Waals surface area contributed by atoms with Gasteiger partial charge in [-0.2, -0.15) is 0 Å². The Morgan fingerprint density at radius 2 is 2.00 bits per heavy atom. The van der Waals surface area contributed by atoms with Crippen LogP contribution in [0.5, 0.6) is 0 Å². The highest BCUT2D eigenvalue weighted by atomic mass is 16.5. The van der Waals surface area contributed by atoms with Crippen molar-refractivity contribution in [3.63, 3.8) is 0 Å². The Hall–Kier alpha value is -2.34. The van der Waals surface area contributed by atoms with Crippen LogP contribution in [0.4, 0.5) is 5.82 Å². The number of carbonyl (C=O) groups is 1. The highest BCUT2D eigenvalue weighted by molar-refractivity contribution is 5.99. The van der Waals surface area contributed by atoms with Crippen molar-refractivity contribution in [2.24, 2.45) is 5.92 Å². The van der Waals surface area contributed by atoms with Crippen molar-refractivity contribution in [1.82, 2.24) is 5.16 Å². The minimum Gasteiger partial charge on any atom is -0.477 e. The van der Waals surface area contributed by atoms with Crippen LogP contribution in [-0.4, -0.2) is 34.0 Å². The van der Waals surface area contributed by atoms with Crippen molar-refractivity contribution < 1.29 is 19.5 Å². The molecule has 6 nitrogen and oxygen atoms in total. The summed E-state index contributed by atoms with van der Waals surface area (Å²) < 4.78 is 5.19. The highest BCUT2D eigenvalue weighted by Gasteiger charge is 2.26. The Balaban J connectivity index is 2.40. The molecule has 0 saturated heterocycles. The molecule has 2 rings (SSSR count). The average Bonchev–Trinajstić information content (AvgIpc) is 2.89. The number of rotatable bonds is 6. The zero-order valence-corrected chi connectivity index (χ0v) is 11.9. The average molecular weight is 290 g/mol. The first-order valence-corrected chi connectivity index (χ1v) is 6.70. The number of nitrogens with one attached hydrogen (secondary N) is 1. The predicted molar refractivity (Wildman–Crippen MR) is 78.2 cm³/mol. The van der Waals surface area contributed by atoms with Crippen LogP contribution in [0.3, 0.4) is 0 Å². The summed E-state index contributed by atoms with van der Waals surface area (Å²) in [6.07, 6.45) is 0. The van der Waals surface area contributed by atoms with Crippen molar-refractivity contribution in [2.45, 2.75) is 19.9 Å². The fourth-order valence-corrected chi connectivity index (χ4v) is 1.97. The molecule has 0 saturated carbocycles. The molecule has 1 unspecified atom stereocenters. The molecule has 1 aromatic carbocycles. The van der Waals surface area contributed by atoms with Gasteiger partial charge in [-0.1, -0.05) is 49.3 Å². The van der Waals surface area contributed by atoms with E-state index in [2.05, 4.69) is 10.5 Å². The lowest BCUT2D eigenvalue weighted by Gasteiger charge is -2.19. The molecule has 3 N–H and O–H groups in total. The Morgan fingerprint density at radius 1 is 1.33 bits per heavy atom. The van der Waals surface area contributed by atoms with Crippen LogP contribution in [0.25, 0.3) is 11.3 Å². The molecule has 0 radical (unpaired) electrons. The second-order valence-corrected chi connectivity index (χ2v) is 5.08. The van der Waals surface area contributed by atoms with Gasteiger partial charge in [-0.15, -0.1) is 0 Å². The SMILES string of the molecule is CC(C)C(CO)Nc1noc(-c2ccccc2)c1C(=O)O. The smallest absolute Gasteiger partial charge is 0.343 e. The number of anilines is 1. The van der Waals surface area contributed by atoms with E-state index < -0.39 is 5.97 Å². The number of benzene rings is 1. The van der Waals surface area contributed by atoms with Crippen LogP contribution in [-0.2, 0) is 0 Å². The summed E-state index contributed by atoms with van der Waals surface area (Å²) in [7, 11) is 0. The third-order valence-corrected chi connectivity index (χ3v) is 3.27. The first kappa shape index (κ1) is 15.1. The van der Waals surface area contributed by atoms with Gasteiger partial charge in [0, 0.05) is 5.56 Å². The van der Waals surface area contributed by atoms with Crippen LogP contribution >= 0.6 is 0 Å². The first-order chi connectivity index (χ1) is 10.0. The summed E-state index contributed by atoms with van der Waals surface area (Å²) in [6, 6.07) is 8.63. The third-order valence-electron chi connectivity index (χ3n) is 3.27. The fraction of sp³-hybridized carbons (Fsp3) is 0.333. The number of aromatic carboxylic acids is 1. The Kier molecular flexibility index (Phi) is 4.59. The molecular formula is C15H18N2O4. The van der Waals surface area contributed by atoms with Crippen molar-refractivity contribution in [3.05, 3.63) is 35.9 Å². The Bertz CT molecular complexity index is 607. The molecule has 1 atom stereocenters. The standard InChI is InChI=1S/C15H18N2O4/c1-9(2)11(8-18)16-14-12(15(19)20)13(21-17-14)10-6-4-3-5-7-10/h3-7,9,11,18H,8H2,1-2H3,(H,16,17)(H,19,20). The summed E-state index contributed by atoms with van der Waals surface area (Å²) in [6.45, 7) is 3.73. The zero-order valence-electron chi connectivity index (χ0n) is 11.9. The number of hydrogen-bond acceptors (Lipinski definition) is 5. The lowest BCUT2D eigenvalue weighted by atomic mass is 10.0. The number of aliphatic hydroxyl groups is 1. The molecular weight excluding hydrogens is 272 g/mol. The quantitative estimate of drug-likeness (QED) is 0.756. The molecule has 0 aliphatic heterocycles. The second-order valence-electron chi connectivity index (χ2n) is 5.08. The van der Waals surface area contributed by atoms with E-state index in [0.717, 1.165) is 0 Å². The third kappa shape index (κ3) is 3.22. The van der Waals surface area contributed by atoms with Gasteiger partial charge < -0.3 is 20.1 Å². The molecule has 21 heavy (non-hydrogen) atoms. The summed E-state index contributed by atoms with van der Waals surface area (Å²) in [4.78, 5) is 11.5. The molecule has 0 aliphatic rings. The maximum absolute atomic E-state index is 11.5. The van der Waals surface area contributed by atoms with Crippen LogP contribution in [0, 0.1) is 5.92 Å². The Labute approximate surface area is 122 Å². The van der Waals surface area contributed by atoms with Gasteiger partial charge in [-0.25, -0.2) is 4.79 Å².